The molecule has 35 heavy (non-hydrogen) atoms. The van der Waals surface area contributed by atoms with Crippen LogP contribution in [0.5, 0.6) is 0 Å². The molecule has 2 amide bonds. The number of amides is 2. The maximum absolute atomic E-state index is 13.6. The first-order valence-corrected chi connectivity index (χ1v) is 11.8. The van der Waals surface area contributed by atoms with Crippen LogP contribution in [-0.2, 0) is 33.8 Å². The van der Waals surface area contributed by atoms with Crippen molar-refractivity contribution in [2.24, 2.45) is 0 Å². The zero-order valence-electron chi connectivity index (χ0n) is 19.6. The number of hydrogen-bond donors (Lipinski definition) is 0. The Morgan fingerprint density at radius 3 is 2.63 bits per heavy atom. The van der Waals surface area contributed by atoms with Gasteiger partial charge in [-0.25, -0.2) is 4.39 Å². The maximum atomic E-state index is 13.6. The van der Waals surface area contributed by atoms with Crippen molar-refractivity contribution in [1.82, 2.24) is 19.8 Å². The van der Waals surface area contributed by atoms with Crippen LogP contribution in [0.3, 0.4) is 0 Å². The molecule has 0 aliphatic carbocycles. The number of halogens is 1. The minimum absolute atomic E-state index is 0.00785. The third-order valence-electron chi connectivity index (χ3n) is 5.98. The molecule has 1 fully saturated rings. The smallest absolute Gasteiger partial charge is 0.242 e. The van der Waals surface area contributed by atoms with Gasteiger partial charge in [0.1, 0.15) is 5.82 Å². The fourth-order valence-electron chi connectivity index (χ4n) is 4.09. The lowest BCUT2D eigenvalue weighted by Gasteiger charge is -2.25. The van der Waals surface area contributed by atoms with Crippen molar-refractivity contribution in [2.45, 2.75) is 32.0 Å². The van der Waals surface area contributed by atoms with Crippen LogP contribution in [0.25, 0.3) is 0 Å². The predicted molar refractivity (Wildman–Crippen MR) is 129 cm³/mol. The summed E-state index contributed by atoms with van der Waals surface area (Å²) in [7, 11) is 0. The van der Waals surface area contributed by atoms with Crippen molar-refractivity contribution in [1.29, 1.82) is 0 Å². The zero-order valence-corrected chi connectivity index (χ0v) is 19.6. The molecule has 0 bridgehead atoms. The van der Waals surface area contributed by atoms with Crippen molar-refractivity contribution in [3.63, 3.8) is 0 Å². The first-order valence-electron chi connectivity index (χ1n) is 11.8. The third kappa shape index (κ3) is 7.42. The molecule has 0 N–H and O–H groups in total. The van der Waals surface area contributed by atoms with Crippen LogP contribution in [0.15, 0.2) is 73.2 Å². The van der Waals surface area contributed by atoms with Crippen molar-refractivity contribution >= 4 is 11.8 Å². The fourth-order valence-corrected chi connectivity index (χ4v) is 4.09. The van der Waals surface area contributed by atoms with E-state index in [2.05, 4.69) is 9.97 Å². The van der Waals surface area contributed by atoms with Gasteiger partial charge >= 0.3 is 0 Å². The highest BCUT2D eigenvalue weighted by Gasteiger charge is 2.30. The van der Waals surface area contributed by atoms with E-state index in [0.717, 1.165) is 11.3 Å². The van der Waals surface area contributed by atoms with Gasteiger partial charge in [-0.2, -0.15) is 0 Å². The molecular weight excluding hydrogens is 447 g/mol. The Morgan fingerprint density at radius 1 is 1.03 bits per heavy atom. The number of aromatic nitrogens is 2. The quantitative estimate of drug-likeness (QED) is 0.475. The van der Waals surface area contributed by atoms with E-state index in [4.69, 9.17) is 4.74 Å². The van der Waals surface area contributed by atoms with E-state index >= 15 is 0 Å². The molecule has 1 saturated heterocycles. The normalized spacial score (nSPS) is 16.3. The topological polar surface area (TPSA) is 75.6 Å². The largest absolute Gasteiger partial charge is 0.370 e. The van der Waals surface area contributed by atoms with Crippen LogP contribution in [0.4, 0.5) is 4.39 Å². The minimum Gasteiger partial charge on any atom is -0.370 e. The number of nitrogens with zero attached hydrogens (tertiary/aromatic N) is 4. The zero-order chi connectivity index (χ0) is 24.5. The summed E-state index contributed by atoms with van der Waals surface area (Å²) >= 11 is 0. The van der Waals surface area contributed by atoms with Crippen molar-refractivity contribution in [3.8, 4) is 0 Å². The Balaban J connectivity index is 1.43. The first-order chi connectivity index (χ1) is 17.1. The second-order valence-corrected chi connectivity index (χ2v) is 8.61. The van der Waals surface area contributed by atoms with Crippen LogP contribution >= 0.6 is 0 Å². The van der Waals surface area contributed by atoms with E-state index in [0.29, 0.717) is 38.0 Å². The highest BCUT2D eigenvalue weighted by atomic mass is 19.1. The van der Waals surface area contributed by atoms with Gasteiger partial charge in [0.05, 0.1) is 24.9 Å². The molecule has 4 rings (SSSR count). The van der Waals surface area contributed by atoms with Crippen molar-refractivity contribution < 1.29 is 18.7 Å². The maximum Gasteiger partial charge on any atom is 0.242 e. The van der Waals surface area contributed by atoms with Gasteiger partial charge in [0.15, 0.2) is 0 Å². The van der Waals surface area contributed by atoms with E-state index in [1.165, 1.54) is 12.1 Å². The van der Waals surface area contributed by atoms with Gasteiger partial charge in [0.25, 0.3) is 0 Å². The first kappa shape index (κ1) is 24.5. The van der Waals surface area contributed by atoms with Gasteiger partial charge < -0.3 is 14.5 Å². The second kappa shape index (κ2) is 12.2. The average molecular weight is 477 g/mol. The molecule has 1 aliphatic rings. The lowest BCUT2D eigenvalue weighted by atomic mass is 10.1. The summed E-state index contributed by atoms with van der Waals surface area (Å²) < 4.78 is 19.7. The Labute approximate surface area is 204 Å². The van der Waals surface area contributed by atoms with E-state index in [9.17, 15) is 14.0 Å². The number of ether oxygens (including phenoxy) is 1. The minimum atomic E-state index is -0.388. The molecule has 2 heterocycles. The summed E-state index contributed by atoms with van der Waals surface area (Å²) in [6, 6.07) is 16.2. The lowest BCUT2D eigenvalue weighted by molar-refractivity contribution is -0.138. The molecule has 1 atom stereocenters. The van der Waals surface area contributed by atoms with Gasteiger partial charge in [0.2, 0.25) is 11.8 Å². The SMILES string of the molecule is O=C1CN(C(=O)CCc2cnccn2)C[C@H](OCc2cccc(F)c2)CN1CCc1ccccc1. The van der Waals surface area contributed by atoms with Crippen LogP contribution < -0.4 is 0 Å². The number of hydrogen-bond acceptors (Lipinski definition) is 5. The summed E-state index contributed by atoms with van der Waals surface area (Å²) in [5.41, 5.74) is 2.57. The highest BCUT2D eigenvalue weighted by molar-refractivity contribution is 5.85. The summed E-state index contributed by atoms with van der Waals surface area (Å²) in [6.07, 6.45) is 5.82. The standard InChI is InChI=1S/C27H29FN4O3/c28-23-8-4-7-22(15-23)20-35-25-17-31(14-11-21-5-2-1-3-6-21)27(34)19-32(18-25)26(33)10-9-24-16-29-12-13-30-24/h1-8,12-13,15-16,25H,9-11,14,17-20H2/t25-/m1/s1. The summed E-state index contributed by atoms with van der Waals surface area (Å²) in [4.78, 5) is 37.7. The average Bonchev–Trinajstić information content (AvgIpc) is 3.04. The summed E-state index contributed by atoms with van der Waals surface area (Å²) in [5, 5.41) is 0. The van der Waals surface area contributed by atoms with Crippen molar-refractivity contribution in [3.05, 3.63) is 95.8 Å². The third-order valence-corrected chi connectivity index (χ3v) is 5.98. The highest BCUT2D eigenvalue weighted by Crippen LogP contribution is 2.15. The molecule has 2 aromatic carbocycles. The van der Waals surface area contributed by atoms with Crippen LogP contribution in [-0.4, -0.2) is 63.9 Å². The van der Waals surface area contributed by atoms with E-state index in [-0.39, 0.29) is 43.3 Å². The van der Waals surface area contributed by atoms with Gasteiger partial charge in [0, 0.05) is 44.6 Å². The molecule has 0 unspecified atom stereocenters. The van der Waals surface area contributed by atoms with Crippen LogP contribution in [0.2, 0.25) is 0 Å². The molecule has 1 aromatic heterocycles. The molecule has 182 valence electrons. The number of aryl methyl sites for hydroxylation is 1. The van der Waals surface area contributed by atoms with E-state index in [1.807, 2.05) is 30.3 Å². The summed E-state index contributed by atoms with van der Waals surface area (Å²) in [6.45, 7) is 1.40. The molecule has 8 heteroatoms. The lowest BCUT2D eigenvalue weighted by Crippen LogP contribution is -2.40. The Morgan fingerprint density at radius 2 is 1.86 bits per heavy atom. The molecule has 0 saturated carbocycles. The number of carbonyl (C=O) groups excluding carboxylic acids is 2. The van der Waals surface area contributed by atoms with Crippen LogP contribution in [0, 0.1) is 5.82 Å². The molecule has 1 aliphatic heterocycles. The van der Waals surface area contributed by atoms with Gasteiger partial charge in [-0.05, 0) is 36.1 Å². The van der Waals surface area contributed by atoms with Crippen molar-refractivity contribution in [2.75, 3.05) is 26.2 Å². The number of carbonyl (C=O) groups is 2. The molecular formula is C27H29FN4O3. The summed E-state index contributed by atoms with van der Waals surface area (Å²) in [5.74, 6) is -0.564. The van der Waals surface area contributed by atoms with Gasteiger partial charge in [-0.15, -0.1) is 0 Å². The van der Waals surface area contributed by atoms with Gasteiger partial charge in [-0.1, -0.05) is 42.5 Å². The van der Waals surface area contributed by atoms with E-state index < -0.39 is 0 Å². The molecule has 0 spiro atoms. The van der Waals surface area contributed by atoms with Gasteiger partial charge in [-0.3, -0.25) is 19.6 Å². The Kier molecular flexibility index (Phi) is 8.51. The molecule has 0 radical (unpaired) electrons. The van der Waals surface area contributed by atoms with E-state index in [1.54, 1.807) is 40.5 Å². The predicted octanol–water partition coefficient (Wildman–Crippen LogP) is 3.05. The monoisotopic (exact) mass is 476 g/mol. The Hall–Kier alpha value is -3.65. The molecule has 7 nitrogen and oxygen atoms in total. The number of benzene rings is 2. The fraction of sp³-hybridized carbons (Fsp3) is 0.333. The molecule has 3 aromatic rings. The second-order valence-electron chi connectivity index (χ2n) is 8.61. The van der Waals surface area contributed by atoms with Crippen LogP contribution in [0.1, 0.15) is 23.2 Å². The Bertz CT molecular complexity index is 1110. The number of rotatable bonds is 9.